The smallest absolute Gasteiger partial charge is 0.227 e. The molecule has 0 saturated carbocycles. The van der Waals surface area contributed by atoms with Crippen LogP contribution >= 0.6 is 0 Å². The molecule has 1 rings (SSSR count). The highest BCUT2D eigenvalue weighted by Gasteiger charge is 2.09. The number of nitrogens with zero attached hydrogens (tertiary/aromatic N) is 1. The van der Waals surface area contributed by atoms with Gasteiger partial charge < -0.3 is 0 Å². The third kappa shape index (κ3) is 4.65. The molecule has 1 aromatic rings. The van der Waals surface area contributed by atoms with Gasteiger partial charge in [0.1, 0.15) is 6.10 Å². The van der Waals surface area contributed by atoms with Crippen LogP contribution < -0.4 is 10.9 Å². The maximum atomic E-state index is 10.2. The fourth-order valence-corrected chi connectivity index (χ4v) is 1.30. The molecule has 1 amide bonds. The summed E-state index contributed by atoms with van der Waals surface area (Å²) in [4.78, 5) is 15.6. The van der Waals surface area contributed by atoms with Gasteiger partial charge in [0.2, 0.25) is 6.41 Å². The van der Waals surface area contributed by atoms with E-state index in [4.69, 9.17) is 4.84 Å². The fraction of sp³-hybridized carbons (Fsp3) is 0.333. The van der Waals surface area contributed by atoms with Gasteiger partial charge in [0.05, 0.1) is 11.4 Å². The van der Waals surface area contributed by atoms with Crippen LogP contribution in [-0.4, -0.2) is 18.2 Å². The summed E-state index contributed by atoms with van der Waals surface area (Å²) in [7, 11) is 0. The number of nitrogens with one attached hydrogen (secondary N) is 2. The number of hydrogen-bond donors (Lipinski definition) is 2. The highest BCUT2D eigenvalue weighted by molar-refractivity contribution is 5.88. The molecular weight excluding hydrogens is 218 g/mol. The Morgan fingerprint density at radius 1 is 1.47 bits per heavy atom. The van der Waals surface area contributed by atoms with Crippen LogP contribution in [-0.2, 0) is 9.63 Å². The van der Waals surface area contributed by atoms with Gasteiger partial charge in [-0.15, -0.1) is 0 Å². The minimum absolute atomic E-state index is 0.215. The average molecular weight is 235 g/mol. The van der Waals surface area contributed by atoms with Crippen LogP contribution in [0.2, 0.25) is 0 Å². The zero-order valence-electron chi connectivity index (χ0n) is 10.0. The fourth-order valence-electron chi connectivity index (χ4n) is 1.30. The van der Waals surface area contributed by atoms with Gasteiger partial charge >= 0.3 is 0 Å². The van der Waals surface area contributed by atoms with Crippen molar-refractivity contribution in [2.24, 2.45) is 5.10 Å². The van der Waals surface area contributed by atoms with Crippen LogP contribution in [0.25, 0.3) is 0 Å². The lowest BCUT2D eigenvalue weighted by Gasteiger charge is -2.15. The van der Waals surface area contributed by atoms with E-state index in [0.717, 1.165) is 11.4 Å². The van der Waals surface area contributed by atoms with Crippen molar-refractivity contribution in [3.63, 3.8) is 0 Å². The molecule has 0 spiro atoms. The summed E-state index contributed by atoms with van der Waals surface area (Å²) in [6.45, 7) is 3.82. The Hall–Kier alpha value is -1.88. The topological polar surface area (TPSA) is 62.7 Å². The number of hydrogen-bond acceptors (Lipinski definition) is 4. The summed E-state index contributed by atoms with van der Waals surface area (Å²) in [6, 6.07) is 9.57. The molecule has 5 nitrogen and oxygen atoms in total. The van der Waals surface area contributed by atoms with Gasteiger partial charge in [-0.2, -0.15) is 5.10 Å². The van der Waals surface area contributed by atoms with Crippen LogP contribution in [0.1, 0.15) is 20.3 Å². The van der Waals surface area contributed by atoms with E-state index in [1.165, 1.54) is 0 Å². The number of rotatable bonds is 7. The van der Waals surface area contributed by atoms with Crippen molar-refractivity contribution in [1.82, 2.24) is 5.43 Å². The van der Waals surface area contributed by atoms with E-state index in [1.54, 1.807) is 0 Å². The molecule has 92 valence electrons. The van der Waals surface area contributed by atoms with E-state index in [0.29, 0.717) is 12.8 Å². The Morgan fingerprint density at radius 3 is 2.76 bits per heavy atom. The molecule has 17 heavy (non-hydrogen) atoms. The van der Waals surface area contributed by atoms with E-state index < -0.39 is 0 Å². The maximum Gasteiger partial charge on any atom is 0.227 e. The second-order valence-corrected chi connectivity index (χ2v) is 3.43. The molecule has 0 aliphatic rings. The number of benzene rings is 1. The Morgan fingerprint density at radius 2 is 2.18 bits per heavy atom. The Balaban J connectivity index is 2.47. The highest BCUT2D eigenvalue weighted by atomic mass is 16.7. The van der Waals surface area contributed by atoms with Crippen molar-refractivity contribution in [3.05, 3.63) is 30.3 Å². The molecule has 0 heterocycles. The van der Waals surface area contributed by atoms with E-state index in [1.807, 2.05) is 44.2 Å². The Bertz CT molecular complexity index is 365. The third-order valence-corrected chi connectivity index (χ3v) is 2.22. The van der Waals surface area contributed by atoms with E-state index in [2.05, 4.69) is 16.0 Å². The lowest BCUT2D eigenvalue weighted by Crippen LogP contribution is -2.25. The highest BCUT2D eigenvalue weighted by Crippen LogP contribution is 2.07. The number of hydrazone groups is 1. The first-order valence-electron chi connectivity index (χ1n) is 5.50. The van der Waals surface area contributed by atoms with Gasteiger partial charge in [-0.3, -0.25) is 15.1 Å². The summed E-state index contributed by atoms with van der Waals surface area (Å²) < 4.78 is 0. The number of amides is 1. The predicted molar refractivity (Wildman–Crippen MR) is 67.5 cm³/mol. The second kappa shape index (κ2) is 7.40. The average Bonchev–Trinajstić information content (AvgIpc) is 2.38. The first kappa shape index (κ1) is 13.2. The zero-order chi connectivity index (χ0) is 12.5. The quantitative estimate of drug-likeness (QED) is 0.431. The lowest BCUT2D eigenvalue weighted by molar-refractivity contribution is -0.109. The first-order chi connectivity index (χ1) is 8.27. The van der Waals surface area contributed by atoms with Crippen LogP contribution in [0.5, 0.6) is 0 Å². The molecule has 0 fully saturated rings. The zero-order valence-corrected chi connectivity index (χ0v) is 10.0. The second-order valence-electron chi connectivity index (χ2n) is 3.43. The maximum absolute atomic E-state index is 10.2. The summed E-state index contributed by atoms with van der Waals surface area (Å²) in [6.07, 6.45) is 1.03. The molecule has 0 aromatic heterocycles. The monoisotopic (exact) mass is 235 g/mol. The molecule has 1 atom stereocenters. The largest absolute Gasteiger partial charge is 0.277 e. The van der Waals surface area contributed by atoms with Crippen molar-refractivity contribution >= 4 is 17.8 Å². The molecule has 0 saturated heterocycles. The van der Waals surface area contributed by atoms with Crippen molar-refractivity contribution in [3.8, 4) is 0 Å². The van der Waals surface area contributed by atoms with Crippen molar-refractivity contribution in [2.75, 3.05) is 5.48 Å². The van der Waals surface area contributed by atoms with E-state index in [9.17, 15) is 4.79 Å². The van der Waals surface area contributed by atoms with Gasteiger partial charge in [0, 0.05) is 0 Å². The molecule has 0 unspecified atom stereocenters. The van der Waals surface area contributed by atoms with Gasteiger partial charge in [-0.05, 0) is 25.5 Å². The minimum Gasteiger partial charge on any atom is -0.277 e. The summed E-state index contributed by atoms with van der Waals surface area (Å²) >= 11 is 0. The number of anilines is 1. The van der Waals surface area contributed by atoms with Crippen molar-refractivity contribution in [2.45, 2.75) is 26.4 Å². The SMILES string of the molecule is CC/C(=N\NC=O)[C@H](C)ONc1ccccc1. The van der Waals surface area contributed by atoms with Gasteiger partial charge in [0.25, 0.3) is 0 Å². The van der Waals surface area contributed by atoms with E-state index >= 15 is 0 Å². The lowest BCUT2D eigenvalue weighted by atomic mass is 10.2. The molecule has 5 heteroatoms. The normalized spacial score (nSPS) is 12.9. The molecule has 0 bridgehead atoms. The Labute approximate surface area is 101 Å². The number of carbonyl (C=O) groups is 1. The molecular formula is C12H17N3O2. The molecule has 2 N–H and O–H groups in total. The van der Waals surface area contributed by atoms with Crippen molar-refractivity contribution < 1.29 is 9.63 Å². The van der Waals surface area contributed by atoms with Gasteiger partial charge in [0.15, 0.2) is 0 Å². The van der Waals surface area contributed by atoms with Crippen LogP contribution in [0.4, 0.5) is 5.69 Å². The van der Waals surface area contributed by atoms with Gasteiger partial charge in [-0.1, -0.05) is 25.1 Å². The molecule has 0 radical (unpaired) electrons. The third-order valence-electron chi connectivity index (χ3n) is 2.22. The first-order valence-corrected chi connectivity index (χ1v) is 5.50. The van der Waals surface area contributed by atoms with Crippen LogP contribution in [0, 0.1) is 0 Å². The number of para-hydroxylation sites is 1. The molecule has 0 aliphatic carbocycles. The number of carbonyl (C=O) groups excluding carboxylic acids is 1. The van der Waals surface area contributed by atoms with Crippen LogP contribution in [0.3, 0.4) is 0 Å². The van der Waals surface area contributed by atoms with E-state index in [-0.39, 0.29) is 6.10 Å². The van der Waals surface area contributed by atoms with Crippen LogP contribution in [0.15, 0.2) is 35.4 Å². The molecule has 0 aliphatic heterocycles. The summed E-state index contributed by atoms with van der Waals surface area (Å²) in [5, 5.41) is 3.91. The standard InChI is InChI=1S/C12H17N3O2/c1-3-12(14-13-9-16)10(2)17-15-11-7-5-4-6-8-11/h4-10,15H,3H2,1-2H3,(H,13,16)/b14-12+/t10-/m0/s1. The Kier molecular flexibility index (Phi) is 5.74. The summed E-state index contributed by atoms with van der Waals surface area (Å²) in [5.74, 6) is 0. The summed E-state index contributed by atoms with van der Waals surface area (Å²) in [5.41, 5.74) is 6.75. The molecule has 1 aromatic carbocycles. The minimum atomic E-state index is -0.215. The van der Waals surface area contributed by atoms with Gasteiger partial charge in [-0.25, -0.2) is 5.43 Å². The van der Waals surface area contributed by atoms with Crippen molar-refractivity contribution in [1.29, 1.82) is 0 Å². The predicted octanol–water partition coefficient (Wildman–Crippen LogP) is 1.93.